The molecule has 0 spiro atoms. The van der Waals surface area contributed by atoms with Crippen LogP contribution in [-0.4, -0.2) is 29.4 Å². The second-order valence-corrected chi connectivity index (χ2v) is 8.81. The van der Waals surface area contributed by atoms with E-state index in [-0.39, 0.29) is 36.1 Å². The van der Waals surface area contributed by atoms with Crippen LogP contribution in [0.3, 0.4) is 0 Å². The Hall–Kier alpha value is -3.61. The minimum absolute atomic E-state index is 0.0389. The van der Waals surface area contributed by atoms with Gasteiger partial charge in [-0.2, -0.15) is 0 Å². The van der Waals surface area contributed by atoms with E-state index >= 15 is 0 Å². The SMILES string of the molecule is CC(C)C(=O)N1CCc2ccc(OC(C)C(=O)NCc3ccco3)cc2C1c1ccc(F)cc1. The number of nitrogens with one attached hydrogen (secondary N) is 1. The van der Waals surface area contributed by atoms with Crippen molar-refractivity contribution < 1.29 is 23.1 Å². The summed E-state index contributed by atoms with van der Waals surface area (Å²) in [5.41, 5.74) is 2.86. The van der Waals surface area contributed by atoms with Gasteiger partial charge in [0, 0.05) is 12.5 Å². The van der Waals surface area contributed by atoms with Gasteiger partial charge >= 0.3 is 0 Å². The third kappa shape index (κ3) is 5.14. The van der Waals surface area contributed by atoms with E-state index in [1.165, 1.54) is 12.1 Å². The third-order valence-corrected chi connectivity index (χ3v) is 6.01. The van der Waals surface area contributed by atoms with Crippen LogP contribution in [0, 0.1) is 11.7 Å². The highest BCUT2D eigenvalue weighted by atomic mass is 19.1. The monoisotopic (exact) mass is 464 g/mol. The number of hydrogen-bond acceptors (Lipinski definition) is 4. The average Bonchev–Trinajstić information content (AvgIpc) is 3.35. The van der Waals surface area contributed by atoms with Gasteiger partial charge in [0.05, 0.1) is 18.8 Å². The predicted octanol–water partition coefficient (Wildman–Crippen LogP) is 4.63. The van der Waals surface area contributed by atoms with Gasteiger partial charge in [-0.05, 0) is 66.4 Å². The van der Waals surface area contributed by atoms with Crippen LogP contribution >= 0.6 is 0 Å². The second kappa shape index (κ2) is 10.1. The number of carbonyl (C=O) groups excluding carboxylic acids is 2. The largest absolute Gasteiger partial charge is 0.481 e. The highest BCUT2D eigenvalue weighted by Crippen LogP contribution is 2.38. The Morgan fingerprint density at radius 3 is 2.59 bits per heavy atom. The Bertz CT molecular complexity index is 1140. The number of halogens is 1. The number of fused-ring (bicyclic) bond motifs is 1. The minimum atomic E-state index is -0.728. The van der Waals surface area contributed by atoms with Gasteiger partial charge in [0.25, 0.3) is 5.91 Å². The van der Waals surface area contributed by atoms with E-state index in [1.54, 1.807) is 37.5 Å². The summed E-state index contributed by atoms with van der Waals surface area (Å²) < 4.78 is 24.8. The lowest BCUT2D eigenvalue weighted by atomic mass is 9.87. The van der Waals surface area contributed by atoms with Crippen LogP contribution in [0.1, 0.15) is 49.3 Å². The van der Waals surface area contributed by atoms with Crippen LogP contribution in [0.25, 0.3) is 0 Å². The number of hydrogen-bond donors (Lipinski definition) is 1. The molecule has 2 atom stereocenters. The van der Waals surface area contributed by atoms with E-state index in [9.17, 15) is 14.0 Å². The fraction of sp³-hybridized carbons (Fsp3) is 0.333. The van der Waals surface area contributed by atoms with Gasteiger partial charge in [-0.15, -0.1) is 0 Å². The summed E-state index contributed by atoms with van der Waals surface area (Å²) in [5, 5.41) is 2.80. The summed E-state index contributed by atoms with van der Waals surface area (Å²) >= 11 is 0. The molecule has 1 aliphatic rings. The molecule has 2 aromatic carbocycles. The zero-order chi connectivity index (χ0) is 24.2. The summed E-state index contributed by atoms with van der Waals surface area (Å²) in [6.45, 7) is 6.30. The Morgan fingerprint density at radius 1 is 1.15 bits per heavy atom. The van der Waals surface area contributed by atoms with Gasteiger partial charge < -0.3 is 19.4 Å². The molecule has 34 heavy (non-hydrogen) atoms. The Kier molecular flexibility index (Phi) is 7.01. The van der Waals surface area contributed by atoms with Crippen molar-refractivity contribution in [3.05, 3.63) is 89.1 Å². The van der Waals surface area contributed by atoms with E-state index in [0.717, 1.165) is 16.7 Å². The maximum Gasteiger partial charge on any atom is 0.261 e. The molecule has 0 fully saturated rings. The van der Waals surface area contributed by atoms with Crippen molar-refractivity contribution in [1.29, 1.82) is 0 Å². The molecule has 1 aromatic heterocycles. The molecule has 178 valence electrons. The highest BCUT2D eigenvalue weighted by Gasteiger charge is 2.33. The van der Waals surface area contributed by atoms with Crippen LogP contribution < -0.4 is 10.1 Å². The molecule has 2 amide bonds. The average molecular weight is 465 g/mol. The van der Waals surface area contributed by atoms with Gasteiger partial charge in [0.15, 0.2) is 6.10 Å². The summed E-state index contributed by atoms with van der Waals surface area (Å²) in [5.74, 6) is 0.476. The highest BCUT2D eigenvalue weighted by molar-refractivity contribution is 5.81. The lowest BCUT2D eigenvalue weighted by Crippen LogP contribution is -2.42. The van der Waals surface area contributed by atoms with Gasteiger partial charge in [0.2, 0.25) is 5.91 Å². The molecular formula is C27H29FN2O4. The molecule has 1 aliphatic heterocycles. The first kappa shape index (κ1) is 23.5. The second-order valence-electron chi connectivity index (χ2n) is 8.81. The molecule has 0 radical (unpaired) electrons. The van der Waals surface area contributed by atoms with E-state index in [4.69, 9.17) is 9.15 Å². The van der Waals surface area contributed by atoms with E-state index in [0.29, 0.717) is 24.5 Å². The Labute approximate surface area is 198 Å². The number of benzene rings is 2. The topological polar surface area (TPSA) is 71.8 Å². The summed E-state index contributed by atoms with van der Waals surface area (Å²) in [6.07, 6.45) is 1.54. The van der Waals surface area contributed by atoms with Gasteiger partial charge in [-0.1, -0.05) is 32.0 Å². The lowest BCUT2D eigenvalue weighted by Gasteiger charge is -2.39. The van der Waals surface area contributed by atoms with Gasteiger partial charge in [-0.25, -0.2) is 4.39 Å². The van der Waals surface area contributed by atoms with Crippen molar-refractivity contribution in [3.63, 3.8) is 0 Å². The fourth-order valence-corrected chi connectivity index (χ4v) is 4.23. The normalized spacial score (nSPS) is 16.1. The molecular weight excluding hydrogens is 435 g/mol. The number of ether oxygens (including phenoxy) is 1. The first-order chi connectivity index (χ1) is 16.3. The van der Waals surface area contributed by atoms with Crippen LogP contribution in [0.2, 0.25) is 0 Å². The Balaban J connectivity index is 1.58. The van der Waals surface area contributed by atoms with Crippen molar-refractivity contribution in [2.75, 3.05) is 6.54 Å². The molecule has 2 unspecified atom stereocenters. The zero-order valence-electron chi connectivity index (χ0n) is 19.6. The van der Waals surface area contributed by atoms with Crippen LogP contribution in [0.4, 0.5) is 4.39 Å². The first-order valence-electron chi connectivity index (χ1n) is 11.5. The number of rotatable bonds is 7. The van der Waals surface area contributed by atoms with Crippen molar-refractivity contribution in [1.82, 2.24) is 10.2 Å². The molecule has 0 saturated carbocycles. The maximum atomic E-state index is 13.6. The number of furan rings is 1. The molecule has 7 heteroatoms. The standard InChI is InChI=1S/C27H29FN2O4/c1-17(2)27(32)30-13-12-19-8-11-22(15-24(19)25(30)20-6-9-21(28)10-7-20)34-18(3)26(31)29-16-23-5-4-14-33-23/h4-11,14-15,17-18,25H,12-13,16H2,1-3H3,(H,29,31). The number of amides is 2. The maximum absolute atomic E-state index is 13.6. The Morgan fingerprint density at radius 2 is 1.91 bits per heavy atom. The summed E-state index contributed by atoms with van der Waals surface area (Å²) in [4.78, 5) is 27.4. The summed E-state index contributed by atoms with van der Waals surface area (Å²) in [6, 6.07) is 15.2. The first-order valence-corrected chi connectivity index (χ1v) is 11.5. The van der Waals surface area contributed by atoms with Crippen molar-refractivity contribution in [2.45, 2.75) is 45.9 Å². The quantitative estimate of drug-likeness (QED) is 0.553. The van der Waals surface area contributed by atoms with Crippen LogP contribution in [0.5, 0.6) is 5.75 Å². The molecule has 3 aromatic rings. The molecule has 2 heterocycles. The molecule has 0 bridgehead atoms. The molecule has 0 saturated heterocycles. The third-order valence-electron chi connectivity index (χ3n) is 6.01. The number of nitrogens with zero attached hydrogens (tertiary/aromatic N) is 1. The van der Waals surface area contributed by atoms with Crippen LogP contribution in [-0.2, 0) is 22.6 Å². The fourth-order valence-electron chi connectivity index (χ4n) is 4.23. The molecule has 4 rings (SSSR count). The van der Waals surface area contributed by atoms with Crippen molar-refractivity contribution in [3.8, 4) is 5.75 Å². The molecule has 6 nitrogen and oxygen atoms in total. The van der Waals surface area contributed by atoms with Crippen molar-refractivity contribution >= 4 is 11.8 Å². The van der Waals surface area contributed by atoms with Gasteiger partial charge in [-0.3, -0.25) is 9.59 Å². The lowest BCUT2D eigenvalue weighted by molar-refractivity contribution is -0.136. The summed E-state index contributed by atoms with van der Waals surface area (Å²) in [7, 11) is 0. The van der Waals surface area contributed by atoms with Gasteiger partial charge in [0.1, 0.15) is 17.3 Å². The smallest absolute Gasteiger partial charge is 0.261 e. The van der Waals surface area contributed by atoms with E-state index in [2.05, 4.69) is 5.32 Å². The zero-order valence-corrected chi connectivity index (χ0v) is 19.6. The number of carbonyl (C=O) groups is 2. The van der Waals surface area contributed by atoms with E-state index < -0.39 is 6.10 Å². The predicted molar refractivity (Wildman–Crippen MR) is 126 cm³/mol. The minimum Gasteiger partial charge on any atom is -0.481 e. The molecule has 0 aliphatic carbocycles. The van der Waals surface area contributed by atoms with Crippen LogP contribution in [0.15, 0.2) is 65.3 Å². The van der Waals surface area contributed by atoms with E-state index in [1.807, 2.05) is 36.9 Å². The van der Waals surface area contributed by atoms with Crippen molar-refractivity contribution in [2.24, 2.45) is 5.92 Å². The molecule has 1 N–H and O–H groups in total.